The van der Waals surface area contributed by atoms with Gasteiger partial charge in [0, 0.05) is 5.56 Å². The first-order valence-corrected chi connectivity index (χ1v) is 9.59. The summed E-state index contributed by atoms with van der Waals surface area (Å²) in [7, 11) is 0. The van der Waals surface area contributed by atoms with E-state index in [0.717, 1.165) is 29.7 Å². The molecule has 1 aliphatic rings. The Morgan fingerprint density at radius 1 is 1.18 bits per heavy atom. The Morgan fingerprint density at radius 2 is 2.04 bits per heavy atom. The van der Waals surface area contributed by atoms with Crippen LogP contribution in [0.25, 0.3) is 11.4 Å². The number of nitrogens with one attached hydrogen (secondary N) is 1. The van der Waals surface area contributed by atoms with Gasteiger partial charge in [0.15, 0.2) is 6.61 Å². The number of carbonyl (C=O) groups is 1. The smallest absolute Gasteiger partial charge is 0.258 e. The van der Waals surface area contributed by atoms with Crippen LogP contribution >= 0.6 is 0 Å². The van der Waals surface area contributed by atoms with E-state index < -0.39 is 0 Å². The molecule has 1 heterocycles. The lowest BCUT2D eigenvalue weighted by atomic mass is 9.91. The van der Waals surface area contributed by atoms with Crippen LogP contribution in [0.15, 0.2) is 47.0 Å². The zero-order valence-electron chi connectivity index (χ0n) is 15.9. The normalized spacial score (nSPS) is 13.0. The van der Waals surface area contributed by atoms with E-state index in [1.165, 1.54) is 24.0 Å². The van der Waals surface area contributed by atoms with Crippen LogP contribution < -0.4 is 10.1 Å². The molecule has 1 N–H and O–H groups in total. The molecule has 144 valence electrons. The molecule has 0 fully saturated rings. The van der Waals surface area contributed by atoms with Gasteiger partial charge < -0.3 is 14.6 Å². The van der Waals surface area contributed by atoms with Gasteiger partial charge in [-0.25, -0.2) is 0 Å². The van der Waals surface area contributed by atoms with E-state index in [9.17, 15) is 4.79 Å². The molecular weight excluding hydrogens is 354 g/mol. The number of carbonyl (C=O) groups excluding carboxylic acids is 1. The lowest BCUT2D eigenvalue weighted by Crippen LogP contribution is -2.28. The topological polar surface area (TPSA) is 77.2 Å². The summed E-state index contributed by atoms with van der Waals surface area (Å²) < 4.78 is 11.0. The van der Waals surface area contributed by atoms with E-state index in [-0.39, 0.29) is 19.1 Å². The summed E-state index contributed by atoms with van der Waals surface area (Å²) in [6.07, 6.45) is 4.47. The van der Waals surface area contributed by atoms with Crippen LogP contribution in [0.4, 0.5) is 0 Å². The molecule has 2 aromatic carbocycles. The highest BCUT2D eigenvalue weighted by atomic mass is 16.5. The number of fused-ring (bicyclic) bond motifs is 1. The van der Waals surface area contributed by atoms with Crippen LogP contribution in [0.1, 0.15) is 35.4 Å². The van der Waals surface area contributed by atoms with Gasteiger partial charge in [-0.1, -0.05) is 41.1 Å². The second-order valence-corrected chi connectivity index (χ2v) is 7.05. The molecule has 6 heteroatoms. The summed E-state index contributed by atoms with van der Waals surface area (Å²) >= 11 is 0. The highest BCUT2D eigenvalue weighted by Crippen LogP contribution is 2.29. The second-order valence-electron chi connectivity index (χ2n) is 7.05. The van der Waals surface area contributed by atoms with Crippen molar-refractivity contribution in [3.63, 3.8) is 0 Å². The van der Waals surface area contributed by atoms with Crippen molar-refractivity contribution in [2.45, 2.75) is 39.2 Å². The first kappa shape index (κ1) is 18.2. The van der Waals surface area contributed by atoms with Gasteiger partial charge in [-0.2, -0.15) is 4.98 Å². The Hall–Kier alpha value is -3.15. The Bertz CT molecular complexity index is 981. The maximum atomic E-state index is 12.2. The predicted octanol–water partition coefficient (Wildman–Crippen LogP) is 3.62. The van der Waals surface area contributed by atoms with Gasteiger partial charge in [0.25, 0.3) is 5.91 Å². The molecule has 0 spiro atoms. The number of amides is 1. The minimum atomic E-state index is -0.219. The van der Waals surface area contributed by atoms with E-state index in [2.05, 4.69) is 21.5 Å². The fraction of sp³-hybridized carbons (Fsp3) is 0.318. The largest absolute Gasteiger partial charge is 0.483 e. The van der Waals surface area contributed by atoms with Crippen molar-refractivity contribution in [1.82, 2.24) is 15.5 Å². The zero-order valence-corrected chi connectivity index (χ0v) is 15.9. The Kier molecular flexibility index (Phi) is 5.37. The van der Waals surface area contributed by atoms with Gasteiger partial charge in [0.1, 0.15) is 5.75 Å². The summed E-state index contributed by atoms with van der Waals surface area (Å²) in [6, 6.07) is 13.9. The summed E-state index contributed by atoms with van der Waals surface area (Å²) in [4.78, 5) is 16.5. The van der Waals surface area contributed by atoms with Crippen molar-refractivity contribution in [2.75, 3.05) is 6.61 Å². The monoisotopic (exact) mass is 377 g/mol. The van der Waals surface area contributed by atoms with Gasteiger partial charge in [0.2, 0.25) is 11.7 Å². The Morgan fingerprint density at radius 3 is 2.93 bits per heavy atom. The zero-order chi connectivity index (χ0) is 19.3. The number of rotatable bonds is 6. The summed E-state index contributed by atoms with van der Waals surface area (Å²) in [6.45, 7) is 2.15. The summed E-state index contributed by atoms with van der Waals surface area (Å²) in [5, 5.41) is 6.74. The number of ether oxygens (including phenoxy) is 1. The van der Waals surface area contributed by atoms with Crippen LogP contribution in [0.2, 0.25) is 0 Å². The number of nitrogens with zero attached hydrogens (tertiary/aromatic N) is 2. The van der Waals surface area contributed by atoms with Crippen molar-refractivity contribution < 1.29 is 14.1 Å². The molecule has 3 aromatic rings. The Balaban J connectivity index is 1.31. The van der Waals surface area contributed by atoms with E-state index in [1.54, 1.807) is 0 Å². The first-order valence-electron chi connectivity index (χ1n) is 9.59. The van der Waals surface area contributed by atoms with E-state index >= 15 is 0 Å². The molecule has 0 bridgehead atoms. The number of hydrogen-bond acceptors (Lipinski definition) is 5. The summed E-state index contributed by atoms with van der Waals surface area (Å²) in [5.74, 6) is 1.47. The minimum Gasteiger partial charge on any atom is -0.483 e. The van der Waals surface area contributed by atoms with Crippen molar-refractivity contribution in [3.05, 3.63) is 65.0 Å². The third-order valence-corrected chi connectivity index (χ3v) is 4.89. The fourth-order valence-electron chi connectivity index (χ4n) is 3.48. The number of aromatic nitrogens is 2. The molecule has 1 amide bonds. The predicted molar refractivity (Wildman–Crippen MR) is 105 cm³/mol. The van der Waals surface area contributed by atoms with Gasteiger partial charge in [-0.05, 0) is 55.9 Å². The summed E-state index contributed by atoms with van der Waals surface area (Å²) in [5.41, 5.74) is 4.58. The van der Waals surface area contributed by atoms with Gasteiger partial charge in [-0.3, -0.25) is 4.79 Å². The molecular formula is C22H23N3O3. The standard InChI is InChI=1S/C22H23N3O3/c1-15-6-4-9-17(12-15)22-24-21(28-25-22)13-23-20(26)14-27-19-11-5-8-16-7-2-3-10-18(16)19/h4-6,8-9,11-12H,2-3,7,10,13-14H2,1H3,(H,23,26). The second kappa shape index (κ2) is 8.25. The van der Waals surface area contributed by atoms with Crippen molar-refractivity contribution >= 4 is 5.91 Å². The number of aryl methyl sites for hydroxylation is 2. The molecule has 6 nitrogen and oxygen atoms in total. The highest BCUT2D eigenvalue weighted by Gasteiger charge is 2.15. The van der Waals surface area contributed by atoms with Gasteiger partial charge in [-0.15, -0.1) is 0 Å². The third kappa shape index (κ3) is 4.22. The van der Waals surface area contributed by atoms with Crippen molar-refractivity contribution in [1.29, 1.82) is 0 Å². The molecule has 0 saturated heterocycles. The fourth-order valence-corrected chi connectivity index (χ4v) is 3.48. The van der Waals surface area contributed by atoms with Crippen molar-refractivity contribution in [2.24, 2.45) is 0 Å². The molecule has 0 saturated carbocycles. The average Bonchev–Trinajstić information content (AvgIpc) is 3.20. The molecule has 1 aliphatic carbocycles. The maximum Gasteiger partial charge on any atom is 0.258 e. The third-order valence-electron chi connectivity index (χ3n) is 4.89. The lowest BCUT2D eigenvalue weighted by molar-refractivity contribution is -0.123. The van der Waals surface area contributed by atoms with Crippen LogP contribution in [0.3, 0.4) is 0 Å². The van der Waals surface area contributed by atoms with E-state index in [0.29, 0.717) is 11.7 Å². The number of benzene rings is 2. The SMILES string of the molecule is Cc1cccc(-c2noc(CNC(=O)COc3cccc4c3CCCC4)n2)c1. The first-order chi connectivity index (χ1) is 13.7. The average molecular weight is 377 g/mol. The molecule has 0 atom stereocenters. The van der Waals surface area contributed by atoms with Crippen LogP contribution in [0.5, 0.6) is 5.75 Å². The Labute approximate surface area is 163 Å². The van der Waals surface area contributed by atoms with Crippen LogP contribution in [0, 0.1) is 6.92 Å². The van der Waals surface area contributed by atoms with E-state index in [1.807, 2.05) is 43.3 Å². The molecule has 0 unspecified atom stereocenters. The molecule has 0 aliphatic heterocycles. The molecule has 28 heavy (non-hydrogen) atoms. The minimum absolute atomic E-state index is 0.0324. The van der Waals surface area contributed by atoms with E-state index in [4.69, 9.17) is 9.26 Å². The molecule has 1 aromatic heterocycles. The van der Waals surface area contributed by atoms with Crippen LogP contribution in [-0.4, -0.2) is 22.7 Å². The van der Waals surface area contributed by atoms with Crippen LogP contribution in [-0.2, 0) is 24.2 Å². The van der Waals surface area contributed by atoms with Crippen molar-refractivity contribution in [3.8, 4) is 17.1 Å². The maximum absolute atomic E-state index is 12.2. The molecule has 4 rings (SSSR count). The number of hydrogen-bond donors (Lipinski definition) is 1. The lowest BCUT2D eigenvalue weighted by Gasteiger charge is -2.19. The highest BCUT2D eigenvalue weighted by molar-refractivity contribution is 5.77. The molecule has 0 radical (unpaired) electrons. The van der Waals surface area contributed by atoms with Gasteiger partial charge in [0.05, 0.1) is 6.54 Å². The quantitative estimate of drug-likeness (QED) is 0.710. The van der Waals surface area contributed by atoms with Gasteiger partial charge >= 0.3 is 0 Å².